The van der Waals surface area contributed by atoms with Crippen LogP contribution in [0.1, 0.15) is 45.3 Å². The van der Waals surface area contributed by atoms with Crippen LogP contribution >= 0.6 is 0 Å². The Bertz CT molecular complexity index is 1070. The summed E-state index contributed by atoms with van der Waals surface area (Å²) in [5, 5.41) is 0. The fourth-order valence-electron chi connectivity index (χ4n) is 3.77. The van der Waals surface area contributed by atoms with Crippen molar-refractivity contribution in [1.82, 2.24) is 14.9 Å². The third kappa shape index (κ3) is 3.67. The number of nitrogens with zero attached hydrogens (tertiary/aromatic N) is 3. The van der Waals surface area contributed by atoms with Gasteiger partial charge in [0.1, 0.15) is 0 Å². The molecule has 1 unspecified atom stereocenters. The van der Waals surface area contributed by atoms with Gasteiger partial charge in [0.25, 0.3) is 5.91 Å². The first kappa shape index (κ1) is 18.6. The number of carbonyl (C=O) groups is 2. The molecule has 2 amide bonds. The van der Waals surface area contributed by atoms with Crippen molar-refractivity contribution >= 4 is 17.8 Å². The lowest BCUT2D eigenvalue weighted by Crippen LogP contribution is -2.31. The third-order valence-electron chi connectivity index (χ3n) is 5.15. The van der Waals surface area contributed by atoms with E-state index in [0.717, 1.165) is 24.0 Å². The summed E-state index contributed by atoms with van der Waals surface area (Å²) < 4.78 is 0. The molecule has 0 saturated carbocycles. The van der Waals surface area contributed by atoms with E-state index in [2.05, 4.69) is 9.97 Å². The molecule has 1 aliphatic heterocycles. The van der Waals surface area contributed by atoms with Gasteiger partial charge in [-0.15, -0.1) is 0 Å². The maximum atomic E-state index is 13.1. The van der Waals surface area contributed by atoms with Crippen LogP contribution in [0.25, 0.3) is 11.1 Å². The highest BCUT2D eigenvalue weighted by Gasteiger charge is 2.33. The predicted molar refractivity (Wildman–Crippen MR) is 110 cm³/mol. The van der Waals surface area contributed by atoms with Crippen LogP contribution in [0.3, 0.4) is 0 Å². The molecule has 0 radical (unpaired) electrons. The summed E-state index contributed by atoms with van der Waals surface area (Å²) in [5.74, 6) is -0.401. The summed E-state index contributed by atoms with van der Waals surface area (Å²) in [4.78, 5) is 35.2. The first-order valence-corrected chi connectivity index (χ1v) is 9.43. The van der Waals surface area contributed by atoms with Gasteiger partial charge in [0.05, 0.1) is 11.7 Å². The average molecular weight is 387 g/mol. The number of hydrogen-bond donors (Lipinski definition) is 2. The number of aromatic nitrogens is 2. The fourth-order valence-corrected chi connectivity index (χ4v) is 3.77. The third-order valence-corrected chi connectivity index (χ3v) is 5.15. The Labute approximate surface area is 168 Å². The Morgan fingerprint density at radius 1 is 1.03 bits per heavy atom. The molecule has 4 N–H and O–H groups in total. The fraction of sp³-hybridized carbons (Fsp3) is 0.182. The normalized spacial score (nSPS) is 16.0. The molecule has 0 spiro atoms. The van der Waals surface area contributed by atoms with Gasteiger partial charge in [-0.25, -0.2) is 9.97 Å². The van der Waals surface area contributed by atoms with Gasteiger partial charge in [-0.2, -0.15) is 0 Å². The highest BCUT2D eigenvalue weighted by Crippen LogP contribution is 2.37. The van der Waals surface area contributed by atoms with Gasteiger partial charge < -0.3 is 16.4 Å². The molecule has 1 aromatic heterocycles. The van der Waals surface area contributed by atoms with Crippen LogP contribution in [0.2, 0.25) is 0 Å². The quantitative estimate of drug-likeness (QED) is 0.714. The largest absolute Gasteiger partial charge is 0.368 e. The molecule has 1 saturated heterocycles. The first-order valence-electron chi connectivity index (χ1n) is 9.43. The number of benzene rings is 2. The molecule has 7 nitrogen and oxygen atoms in total. The van der Waals surface area contributed by atoms with Gasteiger partial charge in [-0.1, -0.05) is 30.3 Å². The minimum atomic E-state index is -0.508. The number of likely N-dealkylation sites (tertiary alicyclic amines) is 1. The Hall–Kier alpha value is -3.74. The van der Waals surface area contributed by atoms with Crippen molar-refractivity contribution in [2.75, 3.05) is 12.3 Å². The molecule has 4 rings (SSSR count). The number of nitrogens with two attached hydrogens (primary N) is 2. The van der Waals surface area contributed by atoms with Crippen molar-refractivity contribution in [2.45, 2.75) is 18.9 Å². The lowest BCUT2D eigenvalue weighted by Gasteiger charge is -2.26. The highest BCUT2D eigenvalue weighted by atomic mass is 16.2. The Balaban J connectivity index is 1.76. The predicted octanol–water partition coefficient (Wildman–Crippen LogP) is 2.80. The van der Waals surface area contributed by atoms with Crippen molar-refractivity contribution in [1.29, 1.82) is 0 Å². The van der Waals surface area contributed by atoms with E-state index in [9.17, 15) is 9.59 Å². The summed E-state index contributed by atoms with van der Waals surface area (Å²) in [5.41, 5.74) is 14.5. The molecule has 1 fully saturated rings. The molecule has 3 aromatic rings. The molecular weight excluding hydrogens is 366 g/mol. The first-order chi connectivity index (χ1) is 14.0. The van der Waals surface area contributed by atoms with Crippen molar-refractivity contribution in [3.63, 3.8) is 0 Å². The van der Waals surface area contributed by atoms with E-state index in [1.165, 1.54) is 0 Å². The van der Waals surface area contributed by atoms with Crippen LogP contribution in [-0.2, 0) is 0 Å². The van der Waals surface area contributed by atoms with Crippen LogP contribution in [0, 0.1) is 0 Å². The second-order valence-corrected chi connectivity index (χ2v) is 6.99. The topological polar surface area (TPSA) is 115 Å². The van der Waals surface area contributed by atoms with E-state index in [1.807, 2.05) is 41.3 Å². The van der Waals surface area contributed by atoms with Crippen LogP contribution in [0.4, 0.5) is 5.95 Å². The highest BCUT2D eigenvalue weighted by molar-refractivity contribution is 5.95. The summed E-state index contributed by atoms with van der Waals surface area (Å²) in [6.07, 6.45) is 3.28. The molecule has 29 heavy (non-hydrogen) atoms. The van der Waals surface area contributed by atoms with E-state index < -0.39 is 5.91 Å². The van der Waals surface area contributed by atoms with Crippen molar-refractivity contribution < 1.29 is 9.59 Å². The molecule has 7 heteroatoms. The van der Waals surface area contributed by atoms with E-state index in [4.69, 9.17) is 11.5 Å². The maximum absolute atomic E-state index is 13.1. The van der Waals surface area contributed by atoms with Crippen molar-refractivity contribution in [3.8, 4) is 11.1 Å². The van der Waals surface area contributed by atoms with Gasteiger partial charge in [-0.05, 0) is 42.7 Å². The molecule has 1 atom stereocenters. The lowest BCUT2D eigenvalue weighted by atomic mass is 9.98. The Morgan fingerprint density at radius 2 is 1.79 bits per heavy atom. The Morgan fingerprint density at radius 3 is 2.55 bits per heavy atom. The zero-order valence-corrected chi connectivity index (χ0v) is 15.8. The van der Waals surface area contributed by atoms with Crippen LogP contribution in [-0.4, -0.2) is 33.2 Å². The average Bonchev–Trinajstić information content (AvgIpc) is 3.23. The molecule has 0 bridgehead atoms. The molecular formula is C22H21N5O2. The lowest BCUT2D eigenvalue weighted by molar-refractivity contribution is 0.0733. The van der Waals surface area contributed by atoms with Crippen LogP contribution in [0.15, 0.2) is 60.8 Å². The van der Waals surface area contributed by atoms with E-state index in [0.29, 0.717) is 23.4 Å². The van der Waals surface area contributed by atoms with Gasteiger partial charge in [0, 0.05) is 29.4 Å². The second-order valence-electron chi connectivity index (χ2n) is 6.99. The number of carbonyl (C=O) groups excluding carboxylic acids is 2. The smallest absolute Gasteiger partial charge is 0.254 e. The van der Waals surface area contributed by atoms with Gasteiger partial charge in [-0.3, -0.25) is 9.59 Å². The minimum absolute atomic E-state index is 0.0397. The van der Waals surface area contributed by atoms with Crippen LogP contribution < -0.4 is 11.5 Å². The van der Waals surface area contributed by atoms with Crippen molar-refractivity contribution in [2.24, 2.45) is 5.73 Å². The molecule has 2 heterocycles. The minimum Gasteiger partial charge on any atom is -0.368 e. The SMILES string of the molecule is NC(=O)c1cccc(-c2cnc(N)nc2C2CCCN2C(=O)c2ccccc2)c1. The zero-order chi connectivity index (χ0) is 20.4. The number of hydrogen-bond acceptors (Lipinski definition) is 5. The molecule has 146 valence electrons. The summed E-state index contributed by atoms with van der Waals surface area (Å²) in [6, 6.07) is 16.0. The van der Waals surface area contributed by atoms with E-state index in [-0.39, 0.29) is 17.9 Å². The molecule has 2 aromatic carbocycles. The number of amides is 2. The summed E-state index contributed by atoms with van der Waals surface area (Å²) >= 11 is 0. The maximum Gasteiger partial charge on any atom is 0.254 e. The Kier molecular flexibility index (Phi) is 4.95. The summed E-state index contributed by atoms with van der Waals surface area (Å²) in [6.45, 7) is 0.642. The number of nitrogen functional groups attached to an aromatic ring is 1. The monoisotopic (exact) mass is 387 g/mol. The van der Waals surface area contributed by atoms with Gasteiger partial charge >= 0.3 is 0 Å². The molecule has 1 aliphatic rings. The van der Waals surface area contributed by atoms with E-state index in [1.54, 1.807) is 24.4 Å². The second kappa shape index (κ2) is 7.71. The number of rotatable bonds is 4. The standard InChI is InChI=1S/C22H21N5O2/c23-20(28)16-9-4-8-15(12-16)17-13-25-22(24)26-19(17)18-10-5-11-27(18)21(29)14-6-2-1-3-7-14/h1-4,6-9,12-13,18H,5,10-11H2,(H2,23,28)(H2,24,25,26). The van der Waals surface area contributed by atoms with Crippen molar-refractivity contribution in [3.05, 3.63) is 77.6 Å². The zero-order valence-electron chi connectivity index (χ0n) is 15.8. The van der Waals surface area contributed by atoms with Crippen LogP contribution in [0.5, 0.6) is 0 Å². The van der Waals surface area contributed by atoms with E-state index >= 15 is 0 Å². The number of anilines is 1. The molecule has 0 aliphatic carbocycles. The number of primary amides is 1. The summed E-state index contributed by atoms with van der Waals surface area (Å²) in [7, 11) is 0. The van der Waals surface area contributed by atoms with Gasteiger partial charge in [0.2, 0.25) is 11.9 Å². The van der Waals surface area contributed by atoms with Gasteiger partial charge in [0.15, 0.2) is 0 Å².